The lowest BCUT2D eigenvalue weighted by atomic mass is 10.0. The molecular formula is C16H17ClN2O2. The van der Waals surface area contributed by atoms with Crippen LogP contribution in [-0.2, 0) is 6.42 Å². The number of carboxylic acid groups (broad SMARTS) is 1. The molecule has 0 fully saturated rings. The first-order valence-corrected chi connectivity index (χ1v) is 7.06. The smallest absolute Gasteiger partial charge is 0.335 e. The van der Waals surface area contributed by atoms with Crippen LogP contribution in [0, 0.1) is 0 Å². The molecule has 4 nitrogen and oxygen atoms in total. The molecule has 0 aliphatic carbocycles. The fourth-order valence-corrected chi connectivity index (χ4v) is 2.15. The van der Waals surface area contributed by atoms with Crippen LogP contribution < -0.4 is 5.32 Å². The van der Waals surface area contributed by atoms with Gasteiger partial charge < -0.3 is 10.4 Å². The van der Waals surface area contributed by atoms with Crippen LogP contribution in [0.15, 0.2) is 36.5 Å². The molecule has 2 rings (SSSR count). The molecule has 0 saturated carbocycles. The number of halogens is 1. The number of pyridine rings is 1. The third-order valence-corrected chi connectivity index (χ3v) is 3.31. The van der Waals surface area contributed by atoms with E-state index in [1.807, 2.05) is 19.9 Å². The normalized spacial score (nSPS) is 10.7. The molecule has 2 aromatic rings. The van der Waals surface area contributed by atoms with E-state index in [-0.39, 0.29) is 5.56 Å². The number of nitrogens with one attached hydrogen (secondary N) is 1. The Kier molecular flexibility index (Phi) is 4.81. The molecule has 5 heteroatoms. The summed E-state index contributed by atoms with van der Waals surface area (Å²) in [5, 5.41) is 12.7. The van der Waals surface area contributed by atoms with Crippen molar-refractivity contribution in [2.45, 2.75) is 26.3 Å². The summed E-state index contributed by atoms with van der Waals surface area (Å²) in [6, 6.07) is 9.01. The van der Waals surface area contributed by atoms with E-state index < -0.39 is 5.97 Å². The van der Waals surface area contributed by atoms with Gasteiger partial charge in [0.1, 0.15) is 5.82 Å². The van der Waals surface area contributed by atoms with Gasteiger partial charge in [-0.15, -0.1) is 0 Å². The van der Waals surface area contributed by atoms with Crippen molar-refractivity contribution in [1.82, 2.24) is 4.98 Å². The van der Waals surface area contributed by atoms with E-state index in [0.29, 0.717) is 17.5 Å². The summed E-state index contributed by atoms with van der Waals surface area (Å²) < 4.78 is 0. The van der Waals surface area contributed by atoms with Gasteiger partial charge in [0.25, 0.3) is 0 Å². The highest BCUT2D eigenvalue weighted by Crippen LogP contribution is 2.22. The SMILES string of the molecule is CC(C)Nc1cc(Cc2ccc(C(=O)O)cc2)c(Cl)cn1. The first-order valence-electron chi connectivity index (χ1n) is 6.69. The molecule has 21 heavy (non-hydrogen) atoms. The van der Waals surface area contributed by atoms with Gasteiger partial charge in [-0.25, -0.2) is 9.78 Å². The van der Waals surface area contributed by atoms with Crippen LogP contribution >= 0.6 is 11.6 Å². The average molecular weight is 305 g/mol. The monoisotopic (exact) mass is 304 g/mol. The number of hydrogen-bond acceptors (Lipinski definition) is 3. The lowest BCUT2D eigenvalue weighted by Gasteiger charge is -2.11. The van der Waals surface area contributed by atoms with Crippen LogP contribution in [0.4, 0.5) is 5.82 Å². The van der Waals surface area contributed by atoms with Crippen molar-refractivity contribution in [3.63, 3.8) is 0 Å². The molecule has 2 N–H and O–H groups in total. The second kappa shape index (κ2) is 6.59. The molecule has 1 heterocycles. The second-order valence-corrected chi connectivity index (χ2v) is 5.55. The Hall–Kier alpha value is -2.07. The number of aromatic nitrogens is 1. The van der Waals surface area contributed by atoms with Gasteiger partial charge >= 0.3 is 5.97 Å². The number of benzene rings is 1. The quantitative estimate of drug-likeness (QED) is 0.881. The fraction of sp³-hybridized carbons (Fsp3) is 0.250. The Morgan fingerprint density at radius 3 is 2.57 bits per heavy atom. The summed E-state index contributed by atoms with van der Waals surface area (Å²) in [7, 11) is 0. The lowest BCUT2D eigenvalue weighted by molar-refractivity contribution is 0.0697. The Balaban J connectivity index is 2.20. The van der Waals surface area contributed by atoms with E-state index >= 15 is 0 Å². The van der Waals surface area contributed by atoms with Crippen LogP contribution in [0.1, 0.15) is 35.3 Å². The first-order chi connectivity index (χ1) is 9.95. The second-order valence-electron chi connectivity index (χ2n) is 5.14. The van der Waals surface area contributed by atoms with Crippen LogP contribution in [0.5, 0.6) is 0 Å². The maximum Gasteiger partial charge on any atom is 0.335 e. The predicted molar refractivity (Wildman–Crippen MR) is 84.2 cm³/mol. The summed E-state index contributed by atoms with van der Waals surface area (Å²) in [5.41, 5.74) is 2.24. The number of aromatic carboxylic acids is 1. The average Bonchev–Trinajstić information content (AvgIpc) is 2.42. The zero-order valence-corrected chi connectivity index (χ0v) is 12.7. The molecule has 0 bridgehead atoms. The van der Waals surface area contributed by atoms with E-state index in [1.54, 1.807) is 30.5 Å². The van der Waals surface area contributed by atoms with Gasteiger partial charge in [-0.2, -0.15) is 0 Å². The Labute approximate surface area is 128 Å². The topological polar surface area (TPSA) is 62.2 Å². The number of nitrogens with zero attached hydrogens (tertiary/aromatic N) is 1. The lowest BCUT2D eigenvalue weighted by Crippen LogP contribution is -2.11. The Morgan fingerprint density at radius 2 is 2.00 bits per heavy atom. The van der Waals surface area contributed by atoms with Crippen molar-refractivity contribution >= 4 is 23.4 Å². The highest BCUT2D eigenvalue weighted by molar-refractivity contribution is 6.31. The number of carbonyl (C=O) groups is 1. The first kappa shape index (κ1) is 15.3. The van der Waals surface area contributed by atoms with Crippen molar-refractivity contribution in [1.29, 1.82) is 0 Å². The number of anilines is 1. The highest BCUT2D eigenvalue weighted by Gasteiger charge is 2.07. The van der Waals surface area contributed by atoms with Crippen molar-refractivity contribution < 1.29 is 9.90 Å². The van der Waals surface area contributed by atoms with E-state index in [0.717, 1.165) is 16.9 Å². The molecule has 0 amide bonds. The fourth-order valence-electron chi connectivity index (χ4n) is 1.98. The van der Waals surface area contributed by atoms with Crippen LogP contribution in [0.3, 0.4) is 0 Å². The summed E-state index contributed by atoms with van der Waals surface area (Å²) in [6.45, 7) is 4.08. The molecule has 0 spiro atoms. The molecule has 1 aromatic heterocycles. The zero-order valence-electron chi connectivity index (χ0n) is 11.9. The Morgan fingerprint density at radius 1 is 1.33 bits per heavy atom. The van der Waals surface area contributed by atoms with Gasteiger partial charge in [0.05, 0.1) is 10.6 Å². The molecule has 0 unspecified atom stereocenters. The highest BCUT2D eigenvalue weighted by atomic mass is 35.5. The third kappa shape index (κ3) is 4.20. The van der Waals surface area contributed by atoms with Gasteiger partial charge in [-0.3, -0.25) is 0 Å². The van der Waals surface area contributed by atoms with Gasteiger partial charge in [0.15, 0.2) is 0 Å². The van der Waals surface area contributed by atoms with E-state index in [1.165, 1.54) is 0 Å². The summed E-state index contributed by atoms with van der Waals surface area (Å²) in [5.74, 6) is -0.140. The van der Waals surface area contributed by atoms with Crippen LogP contribution in [-0.4, -0.2) is 22.1 Å². The third-order valence-electron chi connectivity index (χ3n) is 2.97. The molecule has 110 valence electrons. The van der Waals surface area contributed by atoms with Crippen LogP contribution in [0.2, 0.25) is 5.02 Å². The summed E-state index contributed by atoms with van der Waals surface area (Å²) in [6.07, 6.45) is 2.27. The molecule has 0 aliphatic heterocycles. The van der Waals surface area contributed by atoms with Gasteiger partial charge in [-0.05, 0) is 49.6 Å². The molecule has 0 aliphatic rings. The van der Waals surface area contributed by atoms with E-state index in [2.05, 4.69) is 10.3 Å². The molecular weight excluding hydrogens is 288 g/mol. The van der Waals surface area contributed by atoms with Crippen molar-refractivity contribution in [2.24, 2.45) is 0 Å². The summed E-state index contributed by atoms with van der Waals surface area (Å²) in [4.78, 5) is 15.1. The Bertz CT molecular complexity index is 639. The molecule has 1 aromatic carbocycles. The summed E-state index contributed by atoms with van der Waals surface area (Å²) >= 11 is 6.18. The minimum atomic E-state index is -0.924. The van der Waals surface area contributed by atoms with E-state index in [4.69, 9.17) is 16.7 Å². The molecule has 0 saturated heterocycles. The van der Waals surface area contributed by atoms with Gasteiger partial charge in [0, 0.05) is 12.2 Å². The van der Waals surface area contributed by atoms with Crippen LogP contribution in [0.25, 0.3) is 0 Å². The maximum absolute atomic E-state index is 10.8. The standard InChI is InChI=1S/C16H17ClN2O2/c1-10(2)19-15-8-13(14(17)9-18-15)7-11-3-5-12(6-4-11)16(20)21/h3-6,8-10H,7H2,1-2H3,(H,18,19)(H,20,21). The number of hydrogen-bond donors (Lipinski definition) is 2. The van der Waals surface area contributed by atoms with Gasteiger partial charge in [0.2, 0.25) is 0 Å². The van der Waals surface area contributed by atoms with Gasteiger partial charge in [-0.1, -0.05) is 23.7 Å². The molecule has 0 radical (unpaired) electrons. The largest absolute Gasteiger partial charge is 0.478 e. The predicted octanol–water partition coefficient (Wildman–Crippen LogP) is 3.84. The molecule has 0 atom stereocenters. The van der Waals surface area contributed by atoms with E-state index in [9.17, 15) is 4.79 Å². The van der Waals surface area contributed by atoms with Crippen molar-refractivity contribution in [3.05, 3.63) is 58.2 Å². The number of carboxylic acids is 1. The zero-order chi connectivity index (χ0) is 15.4. The minimum Gasteiger partial charge on any atom is -0.478 e. The number of rotatable bonds is 5. The minimum absolute atomic E-state index is 0.279. The van der Waals surface area contributed by atoms with Crippen molar-refractivity contribution in [3.8, 4) is 0 Å². The maximum atomic E-state index is 10.8. The van der Waals surface area contributed by atoms with Crippen molar-refractivity contribution in [2.75, 3.05) is 5.32 Å².